The number of carbonyl (C=O) groups excluding carboxylic acids is 1. The molecule has 0 aromatic heterocycles. The van der Waals surface area contributed by atoms with Crippen molar-refractivity contribution in [3.8, 4) is 0 Å². The molecule has 1 rings (SSSR count). The highest BCUT2D eigenvalue weighted by atomic mass is 35.5. The van der Waals surface area contributed by atoms with Crippen LogP contribution in [0.1, 0.15) is 42.9 Å². The molecule has 0 radical (unpaired) electrons. The maximum Gasteiger partial charge on any atom is 0.224 e. The molecule has 112 valence electrons. The van der Waals surface area contributed by atoms with Crippen molar-refractivity contribution in [2.75, 3.05) is 12.4 Å². The number of hydrogen-bond acceptors (Lipinski definition) is 1. The average molecular weight is 296 g/mol. The van der Waals surface area contributed by atoms with E-state index in [1.54, 1.807) is 0 Å². The van der Waals surface area contributed by atoms with E-state index in [2.05, 4.69) is 38.2 Å². The number of aryl methyl sites for hydroxylation is 2. The fourth-order valence-corrected chi connectivity index (χ4v) is 2.64. The lowest BCUT2D eigenvalue weighted by Gasteiger charge is -2.15. The lowest BCUT2D eigenvalue weighted by molar-refractivity contribution is -0.120. The van der Waals surface area contributed by atoms with Crippen molar-refractivity contribution < 1.29 is 4.79 Å². The van der Waals surface area contributed by atoms with Crippen LogP contribution in [0.5, 0.6) is 0 Å². The highest BCUT2D eigenvalue weighted by Gasteiger charge is 2.10. The molecule has 1 amide bonds. The van der Waals surface area contributed by atoms with E-state index in [1.165, 1.54) is 11.1 Å². The molecular formula is C17H26ClNO. The zero-order valence-corrected chi connectivity index (χ0v) is 13.6. The van der Waals surface area contributed by atoms with E-state index in [9.17, 15) is 4.79 Å². The van der Waals surface area contributed by atoms with Gasteiger partial charge in [-0.3, -0.25) is 4.79 Å². The molecule has 0 spiro atoms. The number of rotatable bonds is 8. The van der Waals surface area contributed by atoms with Crippen LogP contribution in [0.25, 0.3) is 0 Å². The highest BCUT2D eigenvalue weighted by Crippen LogP contribution is 2.12. The SMILES string of the molecule is CCCC(CCCl)CNC(=O)Cc1ccc(C)c(C)c1. The van der Waals surface area contributed by atoms with E-state index in [0.29, 0.717) is 18.2 Å². The van der Waals surface area contributed by atoms with Crippen LogP contribution in [0.4, 0.5) is 0 Å². The van der Waals surface area contributed by atoms with Crippen molar-refractivity contribution in [1.82, 2.24) is 5.32 Å². The smallest absolute Gasteiger partial charge is 0.224 e. The van der Waals surface area contributed by atoms with Crippen LogP contribution < -0.4 is 5.32 Å². The van der Waals surface area contributed by atoms with Gasteiger partial charge in [-0.2, -0.15) is 0 Å². The summed E-state index contributed by atoms with van der Waals surface area (Å²) in [7, 11) is 0. The van der Waals surface area contributed by atoms with E-state index in [4.69, 9.17) is 11.6 Å². The van der Waals surface area contributed by atoms with Crippen molar-refractivity contribution in [3.05, 3.63) is 34.9 Å². The highest BCUT2D eigenvalue weighted by molar-refractivity contribution is 6.17. The molecule has 1 unspecified atom stereocenters. The van der Waals surface area contributed by atoms with Crippen molar-refractivity contribution in [1.29, 1.82) is 0 Å². The largest absolute Gasteiger partial charge is 0.356 e. The van der Waals surface area contributed by atoms with Gasteiger partial charge in [0.25, 0.3) is 0 Å². The first-order chi connectivity index (χ1) is 9.56. The summed E-state index contributed by atoms with van der Waals surface area (Å²) in [5.74, 6) is 1.27. The molecule has 0 aliphatic heterocycles. The van der Waals surface area contributed by atoms with Gasteiger partial charge in [-0.1, -0.05) is 31.5 Å². The third kappa shape index (κ3) is 5.96. The number of alkyl halides is 1. The maximum absolute atomic E-state index is 12.0. The predicted octanol–water partition coefficient (Wildman–Crippen LogP) is 4.01. The van der Waals surface area contributed by atoms with E-state index in [1.807, 2.05) is 6.07 Å². The van der Waals surface area contributed by atoms with Gasteiger partial charge in [0.15, 0.2) is 0 Å². The van der Waals surface area contributed by atoms with Crippen LogP contribution in [0.2, 0.25) is 0 Å². The number of hydrogen-bond donors (Lipinski definition) is 1. The summed E-state index contributed by atoms with van der Waals surface area (Å²) in [4.78, 5) is 12.0. The number of halogens is 1. The Morgan fingerprint density at radius 1 is 1.25 bits per heavy atom. The summed E-state index contributed by atoms with van der Waals surface area (Å²) >= 11 is 5.80. The van der Waals surface area contributed by atoms with Crippen LogP contribution in [-0.2, 0) is 11.2 Å². The fraction of sp³-hybridized carbons (Fsp3) is 0.588. The second-order valence-corrected chi connectivity index (χ2v) is 5.91. The Labute approximate surface area is 127 Å². The van der Waals surface area contributed by atoms with Gasteiger partial charge in [0.2, 0.25) is 5.91 Å². The third-order valence-electron chi connectivity index (χ3n) is 3.74. The van der Waals surface area contributed by atoms with Crippen LogP contribution >= 0.6 is 11.6 Å². The second-order valence-electron chi connectivity index (χ2n) is 5.53. The Balaban J connectivity index is 2.44. The van der Waals surface area contributed by atoms with E-state index in [0.717, 1.165) is 31.4 Å². The first-order valence-corrected chi connectivity index (χ1v) is 7.99. The lowest BCUT2D eigenvalue weighted by atomic mass is 10.0. The summed E-state index contributed by atoms with van der Waals surface area (Å²) in [6, 6.07) is 6.20. The molecule has 0 heterocycles. The summed E-state index contributed by atoms with van der Waals surface area (Å²) in [6.45, 7) is 7.07. The Kier molecular flexibility index (Phi) is 7.68. The predicted molar refractivity (Wildman–Crippen MR) is 86.4 cm³/mol. The minimum atomic E-state index is 0.101. The molecular weight excluding hydrogens is 270 g/mol. The van der Waals surface area contributed by atoms with Gasteiger partial charge in [0.1, 0.15) is 0 Å². The van der Waals surface area contributed by atoms with Crippen LogP contribution in [0.3, 0.4) is 0 Å². The van der Waals surface area contributed by atoms with Gasteiger partial charge in [-0.25, -0.2) is 0 Å². The molecule has 0 fully saturated rings. The van der Waals surface area contributed by atoms with Gasteiger partial charge in [0, 0.05) is 12.4 Å². The molecule has 1 aromatic carbocycles. The molecule has 1 atom stereocenters. The Bertz CT molecular complexity index is 425. The molecule has 0 aliphatic rings. The van der Waals surface area contributed by atoms with Crippen molar-refractivity contribution in [2.45, 2.75) is 46.5 Å². The summed E-state index contributed by atoms with van der Waals surface area (Å²) < 4.78 is 0. The second kappa shape index (κ2) is 9.02. The molecule has 1 N–H and O–H groups in total. The normalized spacial score (nSPS) is 12.2. The van der Waals surface area contributed by atoms with E-state index in [-0.39, 0.29) is 5.91 Å². The molecule has 0 bridgehead atoms. The first-order valence-electron chi connectivity index (χ1n) is 7.45. The standard InChI is InChI=1S/C17H26ClNO/c1-4-5-15(8-9-18)12-19-17(20)11-16-7-6-13(2)14(3)10-16/h6-7,10,15H,4-5,8-9,11-12H2,1-3H3,(H,19,20). The van der Waals surface area contributed by atoms with Gasteiger partial charge in [-0.05, 0) is 49.3 Å². The van der Waals surface area contributed by atoms with Gasteiger partial charge in [-0.15, -0.1) is 11.6 Å². The Hall–Kier alpha value is -1.02. The number of benzene rings is 1. The zero-order chi connectivity index (χ0) is 15.0. The van der Waals surface area contributed by atoms with Crippen molar-refractivity contribution >= 4 is 17.5 Å². The number of amides is 1. The molecule has 20 heavy (non-hydrogen) atoms. The van der Waals surface area contributed by atoms with Crippen molar-refractivity contribution in [3.63, 3.8) is 0 Å². The third-order valence-corrected chi connectivity index (χ3v) is 3.96. The quantitative estimate of drug-likeness (QED) is 0.722. The molecule has 0 saturated heterocycles. The Morgan fingerprint density at radius 2 is 2.00 bits per heavy atom. The molecule has 2 nitrogen and oxygen atoms in total. The molecule has 0 aliphatic carbocycles. The summed E-state index contributed by atoms with van der Waals surface area (Å²) in [5.41, 5.74) is 3.58. The zero-order valence-electron chi connectivity index (χ0n) is 12.8. The Morgan fingerprint density at radius 3 is 2.60 bits per heavy atom. The van der Waals surface area contributed by atoms with Gasteiger partial charge in [0.05, 0.1) is 6.42 Å². The molecule has 3 heteroatoms. The fourth-order valence-electron chi connectivity index (χ4n) is 2.33. The molecule has 0 saturated carbocycles. The van der Waals surface area contributed by atoms with Gasteiger partial charge >= 0.3 is 0 Å². The number of carbonyl (C=O) groups is 1. The van der Waals surface area contributed by atoms with E-state index < -0.39 is 0 Å². The molecule has 1 aromatic rings. The van der Waals surface area contributed by atoms with Crippen molar-refractivity contribution in [2.24, 2.45) is 5.92 Å². The monoisotopic (exact) mass is 295 g/mol. The minimum absolute atomic E-state index is 0.101. The minimum Gasteiger partial charge on any atom is -0.356 e. The topological polar surface area (TPSA) is 29.1 Å². The summed E-state index contributed by atoms with van der Waals surface area (Å²) in [5, 5.41) is 3.04. The number of nitrogens with one attached hydrogen (secondary N) is 1. The van der Waals surface area contributed by atoms with E-state index >= 15 is 0 Å². The van der Waals surface area contributed by atoms with Gasteiger partial charge < -0.3 is 5.32 Å². The first kappa shape index (κ1) is 17.0. The van der Waals surface area contributed by atoms with Crippen LogP contribution in [0.15, 0.2) is 18.2 Å². The maximum atomic E-state index is 12.0. The summed E-state index contributed by atoms with van der Waals surface area (Å²) in [6.07, 6.45) is 3.69. The van der Waals surface area contributed by atoms with Crippen LogP contribution in [0, 0.1) is 19.8 Å². The van der Waals surface area contributed by atoms with Crippen LogP contribution in [-0.4, -0.2) is 18.3 Å². The average Bonchev–Trinajstić information content (AvgIpc) is 2.41. The lowest BCUT2D eigenvalue weighted by Crippen LogP contribution is -2.30.